The Morgan fingerprint density at radius 1 is 0.965 bits per heavy atom. The van der Waals surface area contributed by atoms with Crippen molar-refractivity contribution in [1.29, 1.82) is 0 Å². The number of allylic oxidation sites excluding steroid dienone is 5. The van der Waals surface area contributed by atoms with E-state index in [0.29, 0.717) is 53.2 Å². The van der Waals surface area contributed by atoms with E-state index >= 15 is 0 Å². The van der Waals surface area contributed by atoms with Crippen molar-refractivity contribution < 1.29 is 14.6 Å². The fourth-order valence-electron chi connectivity index (χ4n) is 15.3. The van der Waals surface area contributed by atoms with Gasteiger partial charge in [0.1, 0.15) is 12.0 Å². The molecule has 8 heteroatoms. The summed E-state index contributed by atoms with van der Waals surface area (Å²) in [5.74, 6) is 14.1. The number of aromatic nitrogens is 2. The van der Waals surface area contributed by atoms with Gasteiger partial charge in [-0.3, -0.25) is 4.79 Å². The van der Waals surface area contributed by atoms with Crippen LogP contribution < -0.4 is 10.1 Å². The summed E-state index contributed by atoms with van der Waals surface area (Å²) in [7, 11) is -0.874. The van der Waals surface area contributed by atoms with Gasteiger partial charge in [-0.05, 0) is 164 Å². The van der Waals surface area contributed by atoms with Crippen molar-refractivity contribution in [3.63, 3.8) is 0 Å². The molecule has 1 aromatic rings. The zero-order valence-electron chi connectivity index (χ0n) is 36.3. The number of nitrogens with zero attached hydrogens (tertiary/aromatic N) is 3. The van der Waals surface area contributed by atoms with Crippen LogP contribution in [0.4, 0.5) is 0 Å². The second kappa shape index (κ2) is 14.6. The third-order valence-electron chi connectivity index (χ3n) is 18.7. The number of hydrogen-bond donors (Lipinski definition) is 2. The van der Waals surface area contributed by atoms with E-state index in [9.17, 15) is 9.90 Å². The van der Waals surface area contributed by atoms with Gasteiger partial charge in [0.15, 0.2) is 0 Å². The number of fused-ring (bicyclic) bond motifs is 7. The van der Waals surface area contributed by atoms with Gasteiger partial charge in [0.2, 0.25) is 5.88 Å². The molecule has 314 valence electrons. The highest BCUT2D eigenvalue weighted by atomic mass is 32.2. The number of hydrogen-bond acceptors (Lipinski definition) is 6. The van der Waals surface area contributed by atoms with Crippen molar-refractivity contribution >= 4 is 26.9 Å². The Morgan fingerprint density at radius 2 is 1.74 bits per heavy atom. The highest BCUT2D eigenvalue weighted by Gasteiger charge is 2.70. The average molecular weight is 799 g/mol. The molecule has 0 amide bonds. The van der Waals surface area contributed by atoms with Crippen molar-refractivity contribution in [1.82, 2.24) is 20.4 Å². The molecule has 8 rings (SSSR count). The Labute approximate surface area is 345 Å². The fraction of sp³-hybridized carbons (Fsp3) is 0.735. The molecule has 7 aliphatic rings. The Kier molecular flexibility index (Phi) is 10.6. The average Bonchev–Trinajstić information content (AvgIpc) is 3.55. The van der Waals surface area contributed by atoms with Crippen LogP contribution >= 0.6 is 9.21 Å². The monoisotopic (exact) mass is 799 g/mol. The van der Waals surface area contributed by atoms with Gasteiger partial charge in [-0.1, -0.05) is 70.7 Å². The predicted molar refractivity (Wildman–Crippen MR) is 238 cm³/mol. The van der Waals surface area contributed by atoms with E-state index in [-0.39, 0.29) is 23.0 Å². The summed E-state index contributed by atoms with van der Waals surface area (Å²) < 4.78 is 5.90. The van der Waals surface area contributed by atoms with Crippen molar-refractivity contribution in [2.24, 2.45) is 56.7 Å². The second-order valence-corrected chi connectivity index (χ2v) is 24.9. The first-order valence-corrected chi connectivity index (χ1v) is 24.8. The maximum absolute atomic E-state index is 12.7. The number of carboxylic acids is 1. The van der Waals surface area contributed by atoms with E-state index in [0.717, 1.165) is 44.9 Å². The van der Waals surface area contributed by atoms with Crippen LogP contribution in [0.5, 0.6) is 5.88 Å². The highest BCUT2D eigenvalue weighted by molar-refractivity contribution is 8.27. The van der Waals surface area contributed by atoms with Gasteiger partial charge < -0.3 is 20.1 Å². The van der Waals surface area contributed by atoms with Crippen molar-refractivity contribution in [3.05, 3.63) is 53.8 Å². The van der Waals surface area contributed by atoms with Crippen molar-refractivity contribution in [2.75, 3.05) is 44.3 Å². The Bertz CT molecular complexity index is 1890. The molecule has 2 heterocycles. The lowest BCUT2D eigenvalue weighted by Gasteiger charge is -2.72. The number of rotatable bonds is 10. The maximum atomic E-state index is 12.7. The number of nitrogens with one attached hydrogen (secondary N) is 1. The maximum Gasteiger partial charge on any atom is 0.313 e. The number of carbonyl (C=O) groups is 1. The molecule has 1 aromatic heterocycles. The van der Waals surface area contributed by atoms with E-state index in [4.69, 9.17) is 4.74 Å². The second-order valence-electron chi connectivity index (χ2n) is 21.7. The molecule has 5 fully saturated rings. The van der Waals surface area contributed by atoms with Gasteiger partial charge in [0.05, 0.1) is 0 Å². The Balaban J connectivity index is 1.01. The summed E-state index contributed by atoms with van der Waals surface area (Å²) in [6.07, 6.45) is 19.9. The summed E-state index contributed by atoms with van der Waals surface area (Å²) in [6.45, 7) is 24.9. The molecule has 0 aromatic carbocycles. The number of ether oxygens (including phenoxy) is 1. The molecule has 1 saturated heterocycles. The van der Waals surface area contributed by atoms with Gasteiger partial charge in [-0.15, -0.1) is 5.10 Å². The first-order chi connectivity index (χ1) is 26.9. The summed E-state index contributed by atoms with van der Waals surface area (Å²) >= 11 is 0. The number of carboxylic acid groups (broad SMARTS) is 1. The van der Waals surface area contributed by atoms with E-state index in [1.165, 1.54) is 79.6 Å². The summed E-state index contributed by atoms with van der Waals surface area (Å²) in [4.78, 5) is 15.4. The smallest absolute Gasteiger partial charge is 0.313 e. The molecule has 0 spiro atoms. The quantitative estimate of drug-likeness (QED) is 0.180. The molecule has 57 heavy (non-hydrogen) atoms. The van der Waals surface area contributed by atoms with Crippen LogP contribution in [0.2, 0.25) is 0 Å². The van der Waals surface area contributed by atoms with E-state index < -0.39 is 20.6 Å². The zero-order valence-corrected chi connectivity index (χ0v) is 37.2. The van der Waals surface area contributed by atoms with Gasteiger partial charge in [-0.2, -0.15) is 5.10 Å². The van der Waals surface area contributed by atoms with Crippen LogP contribution in [0.15, 0.2) is 53.8 Å². The van der Waals surface area contributed by atoms with Crippen molar-refractivity contribution in [3.8, 4) is 5.88 Å². The molecule has 10 atom stereocenters. The minimum atomic E-state index is -0.952. The third-order valence-corrected chi connectivity index (χ3v) is 20.8. The molecule has 1 aliphatic heterocycles. The standard InChI is InChI=1S/C49H74N4O3S/c1-34(2)36-16-23-49(50-27-28-53-29-31-57(8,9)32-30-53)25-24-46(6)38(42(36)49)12-13-40-45(5)19-17-37(44(3,4)39(45)18-20-47(40,46)7)35-14-21-48(22-15-35,43(54)55)33-56-41-11-10-26-51-52-41/h10-11,14,17,26,36,38-40,42,50H,1,8-9,12-13,15-16,18-25,27-33H2,2-7H3,(H,54,55)/t36-,38+,39-,40+,42+,45-,46+,47+,48?,49-/m0/s1. The van der Waals surface area contributed by atoms with Crippen LogP contribution in [0.25, 0.3) is 0 Å². The largest absolute Gasteiger partial charge is 0.481 e. The normalized spacial score (nSPS) is 42.3. The molecule has 1 unspecified atom stereocenters. The van der Waals surface area contributed by atoms with Gasteiger partial charge >= 0.3 is 5.97 Å². The summed E-state index contributed by atoms with van der Waals surface area (Å²) in [5, 5.41) is 22.7. The van der Waals surface area contributed by atoms with E-state index in [1.54, 1.807) is 18.3 Å². The van der Waals surface area contributed by atoms with E-state index in [2.05, 4.69) is 92.4 Å². The van der Waals surface area contributed by atoms with Gasteiger partial charge in [-0.25, -0.2) is 9.21 Å². The first-order valence-electron chi connectivity index (χ1n) is 22.5. The molecule has 2 N–H and O–H groups in total. The predicted octanol–water partition coefficient (Wildman–Crippen LogP) is 9.56. The molecule has 7 nitrogen and oxygen atoms in total. The van der Waals surface area contributed by atoms with Crippen LogP contribution in [0.3, 0.4) is 0 Å². The lowest BCUT2D eigenvalue weighted by molar-refractivity contribution is -0.221. The van der Waals surface area contributed by atoms with Crippen LogP contribution in [-0.2, 0) is 4.79 Å². The lowest BCUT2D eigenvalue weighted by atomic mass is 9.33. The molecule has 0 radical (unpaired) electrons. The zero-order chi connectivity index (χ0) is 40.6. The van der Waals surface area contributed by atoms with Gasteiger partial charge in [0, 0.05) is 44.0 Å². The Hall–Kier alpha value is -2.42. The van der Waals surface area contributed by atoms with E-state index in [1.807, 2.05) is 0 Å². The SMILES string of the molecule is C=C(C)[C@@H]1CC[C@]2(NCCN3CCS(=C)(=C)CC3)CC[C@]3(C)[C@H](CC[C@@H]4[C@@]5(C)CC=C(C6=CCC(COc7cccnn7)(C(=O)O)CC6)C(C)(C)[C@@H]5CC[C@]43C)[C@@H]12. The molecular formula is C49H74N4O3S. The first kappa shape index (κ1) is 41.3. The van der Waals surface area contributed by atoms with Crippen LogP contribution in [0.1, 0.15) is 119 Å². The summed E-state index contributed by atoms with van der Waals surface area (Å²) in [5.41, 5.74) is 4.43. The fourth-order valence-corrected chi connectivity index (χ4v) is 16.8. The number of aliphatic carboxylic acids is 1. The minimum absolute atomic E-state index is 0.0256. The van der Waals surface area contributed by atoms with Gasteiger partial charge in [0.25, 0.3) is 0 Å². The van der Waals surface area contributed by atoms with Crippen LogP contribution in [0, 0.1) is 56.7 Å². The molecular weight excluding hydrogens is 725 g/mol. The van der Waals surface area contributed by atoms with Crippen molar-refractivity contribution in [2.45, 2.75) is 124 Å². The topological polar surface area (TPSA) is 87.6 Å². The summed E-state index contributed by atoms with van der Waals surface area (Å²) in [6, 6.07) is 3.51. The third kappa shape index (κ3) is 6.73. The lowest BCUT2D eigenvalue weighted by Crippen LogP contribution is -2.68. The highest BCUT2D eigenvalue weighted by Crippen LogP contribution is 2.76. The van der Waals surface area contributed by atoms with Crippen LogP contribution in [-0.4, -0.2) is 87.7 Å². The Morgan fingerprint density at radius 3 is 2.40 bits per heavy atom. The molecule has 4 saturated carbocycles. The minimum Gasteiger partial charge on any atom is -0.481 e. The molecule has 6 aliphatic carbocycles. The molecule has 0 bridgehead atoms.